The molecule has 1 heterocycles. The maximum atomic E-state index is 13.0. The molecule has 34 heavy (non-hydrogen) atoms. The number of hydrogen-bond donors (Lipinski definition) is 0. The van der Waals surface area contributed by atoms with E-state index in [1.54, 1.807) is 18.3 Å². The number of alkyl halides is 3. The van der Waals surface area contributed by atoms with Crippen LogP contribution in [-0.4, -0.2) is 19.2 Å². The number of ether oxygens (including phenoxy) is 1. The first-order chi connectivity index (χ1) is 16.1. The molecule has 0 N–H and O–H groups in total. The molecule has 0 spiro atoms. The van der Waals surface area contributed by atoms with E-state index in [0.29, 0.717) is 12.0 Å². The molecule has 0 aliphatic carbocycles. The third-order valence-corrected chi connectivity index (χ3v) is 7.30. The van der Waals surface area contributed by atoms with Gasteiger partial charge in [-0.15, -0.1) is 0 Å². The molecule has 0 aliphatic rings. The van der Waals surface area contributed by atoms with Crippen molar-refractivity contribution >= 4 is 32.3 Å². The predicted octanol–water partition coefficient (Wildman–Crippen LogP) is 6.50. The number of hydrogen-bond acceptors (Lipinski definition) is 4. The fourth-order valence-electron chi connectivity index (χ4n) is 3.52. The van der Waals surface area contributed by atoms with Crippen molar-refractivity contribution in [3.05, 3.63) is 101 Å². The molecule has 4 aromatic rings. The Kier molecular flexibility index (Phi) is 6.81. The van der Waals surface area contributed by atoms with E-state index in [0.717, 1.165) is 34.7 Å². The van der Waals surface area contributed by atoms with Crippen molar-refractivity contribution in [1.29, 1.82) is 0 Å². The second-order valence-corrected chi connectivity index (χ2v) is 10.2. The van der Waals surface area contributed by atoms with E-state index in [1.165, 1.54) is 12.1 Å². The minimum absolute atomic E-state index is 0.0521. The van der Waals surface area contributed by atoms with Gasteiger partial charge in [-0.2, -0.15) is 13.2 Å². The molecule has 0 amide bonds. The zero-order chi connectivity index (χ0) is 24.3. The summed E-state index contributed by atoms with van der Waals surface area (Å²) >= 11 is 5.92. The summed E-state index contributed by atoms with van der Waals surface area (Å²) in [5.41, 5.74) is 1.37. The SMILES string of the molecule is O=S(=O)(CCc1ccnc2ccccc12)c1cccc(COc2ccc(C(F)(F)F)cc2Cl)c1. The molecule has 0 atom stereocenters. The summed E-state index contributed by atoms with van der Waals surface area (Å²) in [5.74, 6) is -0.0109. The quantitative estimate of drug-likeness (QED) is 0.287. The van der Waals surface area contributed by atoms with Crippen LogP contribution in [0.2, 0.25) is 5.02 Å². The van der Waals surface area contributed by atoms with E-state index < -0.39 is 21.6 Å². The Morgan fingerprint density at radius 1 is 0.941 bits per heavy atom. The molecule has 176 valence electrons. The summed E-state index contributed by atoms with van der Waals surface area (Å²) < 4.78 is 69.9. The third-order valence-electron chi connectivity index (χ3n) is 5.29. The Morgan fingerprint density at radius 2 is 1.74 bits per heavy atom. The number of sulfone groups is 1. The molecule has 0 bridgehead atoms. The zero-order valence-electron chi connectivity index (χ0n) is 17.7. The molecule has 0 fully saturated rings. The van der Waals surface area contributed by atoms with Crippen molar-refractivity contribution in [3.63, 3.8) is 0 Å². The largest absolute Gasteiger partial charge is 0.487 e. The van der Waals surface area contributed by atoms with Crippen molar-refractivity contribution < 1.29 is 26.3 Å². The Labute approximate surface area is 199 Å². The highest BCUT2D eigenvalue weighted by molar-refractivity contribution is 7.91. The predicted molar refractivity (Wildman–Crippen MR) is 125 cm³/mol. The lowest BCUT2D eigenvalue weighted by Crippen LogP contribution is -2.10. The average molecular weight is 506 g/mol. The van der Waals surface area contributed by atoms with Crippen LogP contribution in [0.3, 0.4) is 0 Å². The van der Waals surface area contributed by atoms with E-state index in [1.807, 2.05) is 30.3 Å². The van der Waals surface area contributed by atoms with Crippen molar-refractivity contribution in [2.24, 2.45) is 0 Å². The normalized spacial score (nSPS) is 12.1. The van der Waals surface area contributed by atoms with Crippen LogP contribution in [0.5, 0.6) is 5.75 Å². The number of nitrogens with zero attached hydrogens (tertiary/aromatic N) is 1. The van der Waals surface area contributed by atoms with Gasteiger partial charge >= 0.3 is 6.18 Å². The highest BCUT2D eigenvalue weighted by atomic mass is 35.5. The number of halogens is 4. The molecule has 1 aromatic heterocycles. The lowest BCUT2D eigenvalue weighted by atomic mass is 10.1. The van der Waals surface area contributed by atoms with Gasteiger partial charge in [0.1, 0.15) is 12.4 Å². The standard InChI is InChI=1S/C25H19ClF3NO3S/c26-22-15-19(25(27,28)29)8-9-24(22)33-16-17-4-3-5-20(14-17)34(31,32)13-11-18-10-12-30-23-7-2-1-6-21(18)23/h1-10,12,14-15H,11,13,16H2. The van der Waals surface area contributed by atoms with Gasteiger partial charge in [0, 0.05) is 11.6 Å². The van der Waals surface area contributed by atoms with Crippen LogP contribution in [0, 0.1) is 0 Å². The molecule has 0 unspecified atom stereocenters. The number of pyridine rings is 1. The van der Waals surface area contributed by atoms with Gasteiger partial charge in [0.2, 0.25) is 0 Å². The van der Waals surface area contributed by atoms with Crippen LogP contribution < -0.4 is 4.74 Å². The second kappa shape index (κ2) is 9.64. The summed E-state index contributed by atoms with van der Waals surface area (Å²) in [6, 6.07) is 18.5. The zero-order valence-corrected chi connectivity index (χ0v) is 19.3. The Hall–Kier alpha value is -3.10. The first kappa shape index (κ1) is 24.0. The maximum absolute atomic E-state index is 13.0. The fraction of sp³-hybridized carbons (Fsp3) is 0.160. The second-order valence-electron chi connectivity index (χ2n) is 7.64. The van der Waals surface area contributed by atoms with Crippen LogP contribution >= 0.6 is 11.6 Å². The van der Waals surface area contributed by atoms with Crippen LogP contribution in [-0.2, 0) is 29.0 Å². The van der Waals surface area contributed by atoms with Crippen molar-refractivity contribution in [1.82, 2.24) is 4.98 Å². The van der Waals surface area contributed by atoms with E-state index >= 15 is 0 Å². The van der Waals surface area contributed by atoms with Crippen LogP contribution in [0.1, 0.15) is 16.7 Å². The third kappa shape index (κ3) is 5.51. The van der Waals surface area contributed by atoms with Gasteiger partial charge in [-0.3, -0.25) is 4.98 Å². The van der Waals surface area contributed by atoms with Crippen LogP contribution in [0.25, 0.3) is 10.9 Å². The van der Waals surface area contributed by atoms with Gasteiger partial charge in [0.25, 0.3) is 0 Å². The van der Waals surface area contributed by atoms with Gasteiger partial charge in [0.05, 0.1) is 26.8 Å². The molecule has 4 rings (SSSR count). The maximum Gasteiger partial charge on any atom is 0.416 e. The van der Waals surface area contributed by atoms with Crippen molar-refractivity contribution in [2.75, 3.05) is 5.75 Å². The molecule has 0 aliphatic heterocycles. The van der Waals surface area contributed by atoms with E-state index in [9.17, 15) is 21.6 Å². The summed E-state index contributed by atoms with van der Waals surface area (Å²) in [4.78, 5) is 4.44. The van der Waals surface area contributed by atoms with Gasteiger partial charge in [0.15, 0.2) is 9.84 Å². The van der Waals surface area contributed by atoms with Gasteiger partial charge in [-0.05, 0) is 60.0 Å². The van der Waals surface area contributed by atoms with Crippen molar-refractivity contribution in [3.8, 4) is 5.75 Å². The van der Waals surface area contributed by atoms with E-state index in [-0.39, 0.29) is 28.0 Å². The highest BCUT2D eigenvalue weighted by Gasteiger charge is 2.31. The Balaban J connectivity index is 1.46. The average Bonchev–Trinajstić information content (AvgIpc) is 2.81. The first-order valence-electron chi connectivity index (χ1n) is 10.3. The van der Waals surface area contributed by atoms with Gasteiger partial charge in [-0.25, -0.2) is 8.42 Å². The monoisotopic (exact) mass is 505 g/mol. The number of benzene rings is 3. The summed E-state index contributed by atoms with van der Waals surface area (Å²) in [6.07, 6.45) is -2.52. The number of aromatic nitrogens is 1. The summed E-state index contributed by atoms with van der Waals surface area (Å²) in [6.45, 7) is -0.0521. The molecule has 3 aromatic carbocycles. The molecule has 9 heteroatoms. The summed E-state index contributed by atoms with van der Waals surface area (Å²) in [5, 5.41) is 0.735. The lowest BCUT2D eigenvalue weighted by molar-refractivity contribution is -0.137. The van der Waals surface area contributed by atoms with Gasteiger partial charge < -0.3 is 4.74 Å². The van der Waals surface area contributed by atoms with Crippen molar-refractivity contribution in [2.45, 2.75) is 24.1 Å². The number of para-hydroxylation sites is 1. The van der Waals surface area contributed by atoms with E-state index in [4.69, 9.17) is 16.3 Å². The highest BCUT2D eigenvalue weighted by Crippen LogP contribution is 2.35. The minimum atomic E-state index is -4.51. The van der Waals surface area contributed by atoms with E-state index in [2.05, 4.69) is 4.98 Å². The molecule has 4 nitrogen and oxygen atoms in total. The molecule has 0 saturated carbocycles. The lowest BCUT2D eigenvalue weighted by Gasteiger charge is -2.12. The molecular weight excluding hydrogens is 487 g/mol. The summed E-state index contributed by atoms with van der Waals surface area (Å²) in [7, 11) is -3.59. The number of fused-ring (bicyclic) bond motifs is 1. The smallest absolute Gasteiger partial charge is 0.416 e. The fourth-order valence-corrected chi connectivity index (χ4v) is 5.10. The Bertz CT molecular complexity index is 1430. The molecule has 0 radical (unpaired) electrons. The topological polar surface area (TPSA) is 56.3 Å². The first-order valence-corrected chi connectivity index (χ1v) is 12.3. The molecular formula is C25H19ClF3NO3S. The minimum Gasteiger partial charge on any atom is -0.487 e. The number of rotatable bonds is 7. The van der Waals surface area contributed by atoms with Crippen LogP contribution in [0.4, 0.5) is 13.2 Å². The van der Waals surface area contributed by atoms with Crippen LogP contribution in [0.15, 0.2) is 83.9 Å². The van der Waals surface area contributed by atoms with Gasteiger partial charge in [-0.1, -0.05) is 41.9 Å². The Morgan fingerprint density at radius 3 is 2.50 bits per heavy atom. The molecule has 0 saturated heterocycles. The number of aryl methyl sites for hydroxylation is 1.